The van der Waals surface area contributed by atoms with Gasteiger partial charge < -0.3 is 10.1 Å². The molecule has 3 rings (SSSR count). The van der Waals surface area contributed by atoms with Crippen molar-refractivity contribution in [1.82, 2.24) is 9.97 Å². The third-order valence-corrected chi connectivity index (χ3v) is 3.64. The van der Waals surface area contributed by atoms with Crippen LogP contribution in [0.25, 0.3) is 0 Å². The van der Waals surface area contributed by atoms with Crippen LogP contribution in [0, 0.1) is 0 Å². The molecule has 1 aliphatic rings. The summed E-state index contributed by atoms with van der Waals surface area (Å²) < 4.78 is 4.96. The topological polar surface area (TPSA) is 79.7 Å². The van der Waals surface area contributed by atoms with E-state index in [2.05, 4.69) is 20.3 Å². The second-order valence-corrected chi connectivity index (χ2v) is 5.47. The Morgan fingerprint density at radius 3 is 3.00 bits per heavy atom. The molecule has 1 N–H and O–H groups in total. The summed E-state index contributed by atoms with van der Waals surface area (Å²) in [5.41, 5.74) is 1.03. The summed E-state index contributed by atoms with van der Waals surface area (Å²) in [6.07, 6.45) is 7.06. The lowest BCUT2D eigenvalue weighted by molar-refractivity contribution is 0.0526. The number of carbonyl (C=O) groups is 1. The molecule has 0 saturated carbocycles. The molecule has 8 heteroatoms. The van der Waals surface area contributed by atoms with Crippen molar-refractivity contribution in [2.75, 3.05) is 23.5 Å². The lowest BCUT2D eigenvalue weighted by Gasteiger charge is -2.18. The van der Waals surface area contributed by atoms with Gasteiger partial charge in [0, 0.05) is 24.3 Å². The standard InChI is InChI=1S/C17H16ClN5O2/c1-2-25-16(24)13-5-4-12(10-14(13)18)21-15-6-8-20-17(22-15)23-9-3-7-19-11-23/h3-10H,2,11H2,1H3,(H,20,21,22). The largest absolute Gasteiger partial charge is 0.462 e. The minimum absolute atomic E-state index is 0.299. The average molecular weight is 358 g/mol. The van der Waals surface area contributed by atoms with E-state index in [1.807, 2.05) is 17.2 Å². The fraction of sp³-hybridized carbons (Fsp3) is 0.176. The predicted octanol–water partition coefficient (Wildman–Crippen LogP) is 3.41. The van der Waals surface area contributed by atoms with Gasteiger partial charge in [0.2, 0.25) is 5.95 Å². The fourth-order valence-electron chi connectivity index (χ4n) is 2.19. The molecule has 0 fully saturated rings. The first-order valence-corrected chi connectivity index (χ1v) is 8.05. The van der Waals surface area contributed by atoms with Crippen LogP contribution >= 0.6 is 11.6 Å². The minimum Gasteiger partial charge on any atom is -0.462 e. The normalized spacial score (nSPS) is 13.0. The molecule has 2 aromatic rings. The molecule has 0 atom stereocenters. The van der Waals surface area contributed by atoms with Gasteiger partial charge in [0.1, 0.15) is 12.5 Å². The van der Waals surface area contributed by atoms with Crippen molar-refractivity contribution in [3.63, 3.8) is 0 Å². The Hall–Kier alpha value is -2.93. The van der Waals surface area contributed by atoms with E-state index >= 15 is 0 Å². The van der Waals surface area contributed by atoms with E-state index < -0.39 is 5.97 Å². The van der Waals surface area contributed by atoms with Crippen LogP contribution in [-0.2, 0) is 4.74 Å². The summed E-state index contributed by atoms with van der Waals surface area (Å²) in [5, 5.41) is 3.46. The fourth-order valence-corrected chi connectivity index (χ4v) is 2.44. The molecule has 1 aromatic carbocycles. The van der Waals surface area contributed by atoms with Crippen LogP contribution in [0.5, 0.6) is 0 Å². The quantitative estimate of drug-likeness (QED) is 0.826. The Kier molecular flexibility index (Phi) is 5.25. The summed E-state index contributed by atoms with van der Waals surface area (Å²) in [6.45, 7) is 2.52. The third kappa shape index (κ3) is 4.13. The number of carbonyl (C=O) groups excluding carboxylic acids is 1. The summed E-state index contributed by atoms with van der Waals surface area (Å²) in [7, 11) is 0. The smallest absolute Gasteiger partial charge is 0.339 e. The minimum atomic E-state index is -0.444. The highest BCUT2D eigenvalue weighted by molar-refractivity contribution is 6.33. The summed E-state index contributed by atoms with van der Waals surface area (Å²) >= 11 is 6.17. The third-order valence-electron chi connectivity index (χ3n) is 3.33. The van der Waals surface area contributed by atoms with Crippen molar-refractivity contribution in [3.8, 4) is 0 Å². The summed E-state index contributed by atoms with van der Waals surface area (Å²) in [5.74, 6) is 0.695. The molecular formula is C17H16ClN5O2. The molecule has 1 aromatic heterocycles. The number of allylic oxidation sites excluding steroid dienone is 1. The first-order valence-electron chi connectivity index (χ1n) is 7.67. The lowest BCUT2D eigenvalue weighted by atomic mass is 10.2. The van der Waals surface area contributed by atoms with Crippen molar-refractivity contribution in [3.05, 3.63) is 53.3 Å². The van der Waals surface area contributed by atoms with Crippen LogP contribution in [0.15, 0.2) is 47.7 Å². The summed E-state index contributed by atoms with van der Waals surface area (Å²) in [6, 6.07) is 6.76. The number of ether oxygens (including phenoxy) is 1. The molecule has 2 heterocycles. The Bertz CT molecular complexity index is 838. The average Bonchev–Trinajstić information content (AvgIpc) is 2.63. The van der Waals surface area contributed by atoms with Gasteiger partial charge in [0.15, 0.2) is 0 Å². The number of hydrogen-bond donors (Lipinski definition) is 1. The Morgan fingerprint density at radius 2 is 2.28 bits per heavy atom. The van der Waals surface area contributed by atoms with E-state index in [-0.39, 0.29) is 0 Å². The molecule has 7 nitrogen and oxygen atoms in total. The molecule has 0 spiro atoms. The van der Waals surface area contributed by atoms with E-state index in [1.54, 1.807) is 43.6 Å². The zero-order chi connectivity index (χ0) is 17.6. The van der Waals surface area contributed by atoms with Crippen LogP contribution in [-0.4, -0.2) is 35.4 Å². The van der Waals surface area contributed by atoms with Gasteiger partial charge in [-0.25, -0.2) is 9.78 Å². The molecule has 0 radical (unpaired) electrons. The number of anilines is 3. The number of hydrogen-bond acceptors (Lipinski definition) is 7. The second kappa shape index (κ2) is 7.76. The second-order valence-electron chi connectivity index (χ2n) is 5.07. The maximum absolute atomic E-state index is 11.8. The van der Waals surface area contributed by atoms with Gasteiger partial charge in [0.05, 0.1) is 17.2 Å². The lowest BCUT2D eigenvalue weighted by Crippen LogP contribution is -2.21. The van der Waals surface area contributed by atoms with Gasteiger partial charge in [-0.1, -0.05) is 11.6 Å². The number of nitrogens with one attached hydrogen (secondary N) is 1. The van der Waals surface area contributed by atoms with E-state index in [0.29, 0.717) is 41.3 Å². The van der Waals surface area contributed by atoms with E-state index in [1.165, 1.54) is 0 Å². The molecule has 0 unspecified atom stereocenters. The molecule has 0 saturated heterocycles. The first kappa shape index (κ1) is 16.9. The molecule has 0 bridgehead atoms. The maximum Gasteiger partial charge on any atom is 0.339 e. The van der Waals surface area contributed by atoms with Crippen molar-refractivity contribution in [2.24, 2.45) is 4.99 Å². The summed E-state index contributed by atoms with van der Waals surface area (Å²) in [4.78, 5) is 26.5. The van der Waals surface area contributed by atoms with Gasteiger partial charge in [0.25, 0.3) is 0 Å². The van der Waals surface area contributed by atoms with Gasteiger partial charge >= 0.3 is 5.97 Å². The monoisotopic (exact) mass is 357 g/mol. The van der Waals surface area contributed by atoms with E-state index in [9.17, 15) is 4.79 Å². The number of benzene rings is 1. The van der Waals surface area contributed by atoms with Crippen LogP contribution in [0.1, 0.15) is 17.3 Å². The van der Waals surface area contributed by atoms with Crippen molar-refractivity contribution >= 4 is 41.2 Å². The van der Waals surface area contributed by atoms with Gasteiger partial charge in [-0.15, -0.1) is 0 Å². The van der Waals surface area contributed by atoms with Crippen LogP contribution in [0.2, 0.25) is 5.02 Å². The highest BCUT2D eigenvalue weighted by atomic mass is 35.5. The van der Waals surface area contributed by atoms with Crippen molar-refractivity contribution < 1.29 is 9.53 Å². The number of halogens is 1. The highest BCUT2D eigenvalue weighted by Gasteiger charge is 2.12. The molecule has 1 aliphatic heterocycles. The van der Waals surface area contributed by atoms with Crippen LogP contribution < -0.4 is 10.2 Å². The van der Waals surface area contributed by atoms with E-state index in [0.717, 1.165) is 0 Å². The zero-order valence-corrected chi connectivity index (χ0v) is 14.3. The number of aromatic nitrogens is 2. The molecule has 0 amide bonds. The Labute approximate surface area is 150 Å². The molecule has 128 valence electrons. The zero-order valence-electron chi connectivity index (χ0n) is 13.5. The van der Waals surface area contributed by atoms with Crippen molar-refractivity contribution in [1.29, 1.82) is 0 Å². The van der Waals surface area contributed by atoms with Crippen LogP contribution in [0.3, 0.4) is 0 Å². The Balaban J connectivity index is 1.76. The molecule has 25 heavy (non-hydrogen) atoms. The van der Waals surface area contributed by atoms with Gasteiger partial charge in [-0.2, -0.15) is 4.98 Å². The highest BCUT2D eigenvalue weighted by Crippen LogP contribution is 2.24. The predicted molar refractivity (Wildman–Crippen MR) is 97.7 cm³/mol. The molecule has 0 aliphatic carbocycles. The number of aliphatic imine (C=N–C) groups is 1. The van der Waals surface area contributed by atoms with Crippen molar-refractivity contribution in [2.45, 2.75) is 6.92 Å². The number of esters is 1. The number of rotatable bonds is 5. The Morgan fingerprint density at radius 1 is 1.40 bits per heavy atom. The first-order chi connectivity index (χ1) is 12.2. The SMILES string of the molecule is CCOC(=O)c1ccc(Nc2ccnc(N3C=CC=NC3)n2)cc1Cl. The van der Waals surface area contributed by atoms with Crippen LogP contribution in [0.4, 0.5) is 17.5 Å². The maximum atomic E-state index is 11.8. The number of nitrogens with zero attached hydrogens (tertiary/aromatic N) is 4. The van der Waals surface area contributed by atoms with Gasteiger partial charge in [-0.3, -0.25) is 9.89 Å². The molecular weight excluding hydrogens is 342 g/mol. The van der Waals surface area contributed by atoms with E-state index in [4.69, 9.17) is 16.3 Å². The van der Waals surface area contributed by atoms with Gasteiger partial charge in [-0.05, 0) is 37.3 Å².